The number of carbonyl (C=O) groups is 1. The van der Waals surface area contributed by atoms with Crippen LogP contribution >= 0.6 is 24.0 Å². The molecule has 0 atom stereocenters. The fourth-order valence-electron chi connectivity index (χ4n) is 2.81. The Morgan fingerprint density at radius 1 is 1.07 bits per heavy atom. The second-order valence-electron chi connectivity index (χ2n) is 6.20. The molecule has 1 amide bonds. The minimum atomic E-state index is -0.144. The molecule has 1 aliphatic rings. The van der Waals surface area contributed by atoms with Gasteiger partial charge >= 0.3 is 0 Å². The summed E-state index contributed by atoms with van der Waals surface area (Å²) in [5.41, 5.74) is 1.57. The molecule has 0 aliphatic carbocycles. The molecule has 2 aromatic carbocycles. The number of benzene rings is 2. The zero-order valence-electron chi connectivity index (χ0n) is 16.6. The van der Waals surface area contributed by atoms with Gasteiger partial charge in [0.15, 0.2) is 15.8 Å². The number of thiocarbonyl (C=S) groups is 1. The summed E-state index contributed by atoms with van der Waals surface area (Å²) in [7, 11) is 1.60. The largest absolute Gasteiger partial charge is 0.494 e. The van der Waals surface area contributed by atoms with E-state index in [2.05, 4.69) is 0 Å². The average Bonchev–Trinajstić information content (AvgIpc) is 3.00. The Bertz CT molecular complexity index is 925. The second kappa shape index (κ2) is 9.80. The van der Waals surface area contributed by atoms with Gasteiger partial charge in [-0.05, 0) is 61.4 Å². The minimum Gasteiger partial charge on any atom is -0.494 e. The SMILES string of the molecule is CCCOc1ccc(/C=C2\SC(=S)N(c3ccc(OCC)cc3)C2=O)cc1OC. The lowest BCUT2D eigenvalue weighted by Gasteiger charge is -2.15. The van der Waals surface area contributed by atoms with Gasteiger partial charge < -0.3 is 14.2 Å². The molecule has 0 aromatic heterocycles. The Balaban J connectivity index is 1.82. The van der Waals surface area contributed by atoms with Crippen molar-refractivity contribution in [3.05, 3.63) is 52.9 Å². The Kier molecular flexibility index (Phi) is 7.17. The molecule has 2 aromatic rings. The third-order valence-electron chi connectivity index (χ3n) is 4.15. The van der Waals surface area contributed by atoms with Crippen molar-refractivity contribution in [2.24, 2.45) is 0 Å². The van der Waals surface area contributed by atoms with Gasteiger partial charge in [0, 0.05) is 0 Å². The van der Waals surface area contributed by atoms with Gasteiger partial charge in [0.25, 0.3) is 5.91 Å². The number of hydrogen-bond acceptors (Lipinski definition) is 6. The third kappa shape index (κ3) is 4.92. The molecule has 1 fully saturated rings. The molecular weight excluding hydrogens is 406 g/mol. The van der Waals surface area contributed by atoms with Crippen LogP contribution in [0.25, 0.3) is 6.08 Å². The van der Waals surface area contributed by atoms with E-state index in [4.69, 9.17) is 26.4 Å². The highest BCUT2D eigenvalue weighted by molar-refractivity contribution is 8.27. The fraction of sp³-hybridized carbons (Fsp3) is 0.273. The first-order valence-electron chi connectivity index (χ1n) is 9.39. The number of nitrogens with zero attached hydrogens (tertiary/aromatic N) is 1. The van der Waals surface area contributed by atoms with Crippen LogP contribution in [0.4, 0.5) is 5.69 Å². The number of carbonyl (C=O) groups excluding carboxylic acids is 1. The highest BCUT2D eigenvalue weighted by atomic mass is 32.2. The number of rotatable bonds is 8. The van der Waals surface area contributed by atoms with Crippen LogP contribution in [-0.2, 0) is 4.79 Å². The van der Waals surface area contributed by atoms with Crippen molar-refractivity contribution in [2.45, 2.75) is 20.3 Å². The summed E-state index contributed by atoms with van der Waals surface area (Å²) in [6.07, 6.45) is 2.74. The second-order valence-corrected chi connectivity index (χ2v) is 7.88. The maximum absolute atomic E-state index is 13.0. The summed E-state index contributed by atoms with van der Waals surface area (Å²) in [5, 5.41) is 0. The zero-order chi connectivity index (χ0) is 20.8. The summed E-state index contributed by atoms with van der Waals surface area (Å²) in [6.45, 7) is 5.19. The molecule has 5 nitrogen and oxygen atoms in total. The Hall–Kier alpha value is -2.51. The molecule has 1 saturated heterocycles. The average molecular weight is 430 g/mol. The lowest BCUT2D eigenvalue weighted by Crippen LogP contribution is -2.27. The first-order valence-corrected chi connectivity index (χ1v) is 10.6. The molecule has 0 bridgehead atoms. The monoisotopic (exact) mass is 429 g/mol. The first kappa shape index (κ1) is 21.2. The first-order chi connectivity index (χ1) is 14.1. The van der Waals surface area contributed by atoms with E-state index >= 15 is 0 Å². The van der Waals surface area contributed by atoms with E-state index in [0.717, 1.165) is 23.4 Å². The van der Waals surface area contributed by atoms with Gasteiger partial charge in [-0.2, -0.15) is 0 Å². The maximum Gasteiger partial charge on any atom is 0.270 e. The van der Waals surface area contributed by atoms with Gasteiger partial charge in [-0.15, -0.1) is 0 Å². The van der Waals surface area contributed by atoms with E-state index < -0.39 is 0 Å². The van der Waals surface area contributed by atoms with E-state index in [-0.39, 0.29) is 5.91 Å². The van der Waals surface area contributed by atoms with Gasteiger partial charge in [0.2, 0.25) is 0 Å². The third-order valence-corrected chi connectivity index (χ3v) is 5.45. The summed E-state index contributed by atoms with van der Waals surface area (Å²) in [6, 6.07) is 12.9. The minimum absolute atomic E-state index is 0.144. The van der Waals surface area contributed by atoms with Crippen LogP contribution < -0.4 is 19.1 Å². The summed E-state index contributed by atoms with van der Waals surface area (Å²) in [4.78, 5) is 15.1. The van der Waals surface area contributed by atoms with Gasteiger partial charge in [-0.1, -0.05) is 37.0 Å². The van der Waals surface area contributed by atoms with Gasteiger partial charge in [0.1, 0.15) is 5.75 Å². The van der Waals surface area contributed by atoms with E-state index in [9.17, 15) is 4.79 Å². The molecule has 7 heteroatoms. The number of thioether (sulfide) groups is 1. The van der Waals surface area contributed by atoms with Gasteiger partial charge in [0.05, 0.1) is 30.9 Å². The molecule has 1 aliphatic heterocycles. The van der Waals surface area contributed by atoms with Gasteiger partial charge in [-0.25, -0.2) is 0 Å². The Morgan fingerprint density at radius 3 is 2.48 bits per heavy atom. The van der Waals surface area contributed by atoms with Crippen molar-refractivity contribution in [1.82, 2.24) is 0 Å². The summed E-state index contributed by atoms with van der Waals surface area (Å²) < 4.78 is 17.1. The number of anilines is 1. The number of methoxy groups -OCH3 is 1. The molecule has 152 valence electrons. The van der Waals surface area contributed by atoms with Crippen LogP contribution in [0.5, 0.6) is 17.2 Å². The highest BCUT2D eigenvalue weighted by Crippen LogP contribution is 2.37. The predicted molar refractivity (Wildman–Crippen MR) is 122 cm³/mol. The normalized spacial score (nSPS) is 15.1. The molecule has 0 N–H and O–H groups in total. The molecule has 29 heavy (non-hydrogen) atoms. The lowest BCUT2D eigenvalue weighted by atomic mass is 10.1. The van der Waals surface area contributed by atoms with Crippen LogP contribution in [0.3, 0.4) is 0 Å². The lowest BCUT2D eigenvalue weighted by molar-refractivity contribution is -0.113. The van der Waals surface area contributed by atoms with Crippen molar-refractivity contribution in [2.75, 3.05) is 25.2 Å². The maximum atomic E-state index is 13.0. The van der Waals surface area contributed by atoms with Crippen LogP contribution in [0, 0.1) is 0 Å². The smallest absolute Gasteiger partial charge is 0.270 e. The molecular formula is C22H23NO4S2. The van der Waals surface area contributed by atoms with Crippen molar-refractivity contribution in [3.63, 3.8) is 0 Å². The molecule has 3 rings (SSSR count). The van der Waals surface area contributed by atoms with Gasteiger partial charge in [-0.3, -0.25) is 9.69 Å². The standard InChI is InChI=1S/C22H23NO4S2/c1-4-12-27-18-11-6-15(13-19(18)25-3)14-20-21(24)23(22(28)29-20)16-7-9-17(10-8-16)26-5-2/h6-11,13-14H,4-5,12H2,1-3H3/b20-14-. The van der Waals surface area contributed by atoms with E-state index in [1.54, 1.807) is 7.11 Å². The van der Waals surface area contributed by atoms with Crippen molar-refractivity contribution >= 4 is 46.0 Å². The quantitative estimate of drug-likeness (QED) is 0.420. The molecule has 1 heterocycles. The van der Waals surface area contributed by atoms with Crippen molar-refractivity contribution < 1.29 is 19.0 Å². The van der Waals surface area contributed by atoms with E-state index in [1.165, 1.54) is 16.7 Å². The molecule has 0 radical (unpaired) electrons. The van der Waals surface area contributed by atoms with E-state index in [0.29, 0.717) is 33.9 Å². The Morgan fingerprint density at radius 2 is 1.83 bits per heavy atom. The summed E-state index contributed by atoms with van der Waals surface area (Å²) >= 11 is 6.73. The van der Waals surface area contributed by atoms with Crippen LogP contribution in [-0.4, -0.2) is 30.6 Å². The molecule has 0 unspecified atom stereocenters. The number of hydrogen-bond donors (Lipinski definition) is 0. The Labute approximate surface area is 180 Å². The summed E-state index contributed by atoms with van der Waals surface area (Å²) in [5.74, 6) is 1.94. The van der Waals surface area contributed by atoms with Crippen LogP contribution in [0.15, 0.2) is 47.4 Å². The zero-order valence-corrected chi connectivity index (χ0v) is 18.3. The molecule has 0 spiro atoms. The highest BCUT2D eigenvalue weighted by Gasteiger charge is 2.33. The topological polar surface area (TPSA) is 48.0 Å². The van der Waals surface area contributed by atoms with Crippen LogP contribution in [0.1, 0.15) is 25.8 Å². The number of amides is 1. The number of ether oxygens (including phenoxy) is 3. The van der Waals surface area contributed by atoms with Crippen molar-refractivity contribution in [1.29, 1.82) is 0 Å². The van der Waals surface area contributed by atoms with Crippen LogP contribution in [0.2, 0.25) is 0 Å². The van der Waals surface area contributed by atoms with E-state index in [1.807, 2.05) is 62.4 Å². The van der Waals surface area contributed by atoms with Crippen molar-refractivity contribution in [3.8, 4) is 17.2 Å². The molecule has 0 saturated carbocycles. The fourth-order valence-corrected chi connectivity index (χ4v) is 4.10. The predicted octanol–water partition coefficient (Wildman–Crippen LogP) is 5.29.